The van der Waals surface area contributed by atoms with E-state index in [0.717, 1.165) is 5.75 Å². The molecular weight excluding hydrogens is 410 g/mol. The van der Waals surface area contributed by atoms with Crippen molar-refractivity contribution in [1.82, 2.24) is 5.32 Å². The number of carbonyl (C=O) groups excluding carboxylic acids is 2. The molecule has 1 amide bonds. The molecule has 0 aliphatic rings. The molecule has 0 radical (unpaired) electrons. The smallest absolute Gasteiger partial charge is 0.480 e. The molecule has 0 aliphatic carbocycles. The molecule has 2 N–H and O–H groups in total. The molecule has 8 nitrogen and oxygen atoms in total. The lowest BCUT2D eigenvalue weighted by Gasteiger charge is -2.24. The average Bonchev–Trinajstić information content (AvgIpc) is 2.53. The third-order valence-corrected chi connectivity index (χ3v) is 5.17. The Morgan fingerprint density at radius 2 is 1.80 bits per heavy atom. The molecule has 0 unspecified atom stereocenters. The van der Waals surface area contributed by atoms with E-state index in [1.807, 2.05) is 0 Å². The van der Waals surface area contributed by atoms with Gasteiger partial charge in [-0.2, -0.15) is 0 Å². The summed E-state index contributed by atoms with van der Waals surface area (Å²) in [6, 6.07) is 3.76. The lowest BCUT2D eigenvalue weighted by atomic mass is 10.0. The molecule has 0 saturated carbocycles. The van der Waals surface area contributed by atoms with Crippen LogP contribution in [0.15, 0.2) is 18.2 Å². The van der Waals surface area contributed by atoms with Crippen LogP contribution in [0.2, 0.25) is 0 Å². The highest BCUT2D eigenvalue weighted by molar-refractivity contribution is 8.32. The van der Waals surface area contributed by atoms with E-state index < -0.39 is 39.9 Å². The van der Waals surface area contributed by atoms with Gasteiger partial charge >= 0.3 is 18.2 Å². The van der Waals surface area contributed by atoms with Crippen molar-refractivity contribution >= 4 is 28.2 Å². The third kappa shape index (κ3) is 10.4. The Hall–Kier alpha value is -2.42. The van der Waals surface area contributed by atoms with E-state index in [-0.39, 0.29) is 6.42 Å². The zero-order valence-electron chi connectivity index (χ0n) is 18.7. The number of hydrogen-bond acceptors (Lipinski definition) is 6. The number of ether oxygens (including phenoxy) is 3. The summed E-state index contributed by atoms with van der Waals surface area (Å²) >= 11 is 0. The standard InChI is InChI=1S/C21H33NO7S/c1-14-12-15(13-16(18(23)24)22-19(25)29-21(2,3)4)8-9-17(14)28-20(26)27-10-11-30(5,6)7/h8-9,12,16H,10-11,13H2,1-7H3,(H,22,25)(H,23,24)/t16-/m0/s1. The first-order valence-electron chi connectivity index (χ1n) is 9.49. The monoisotopic (exact) mass is 443 g/mol. The Labute approximate surface area is 179 Å². The van der Waals surface area contributed by atoms with Crippen LogP contribution in [0.25, 0.3) is 0 Å². The fraction of sp³-hybridized carbons (Fsp3) is 0.571. The van der Waals surface area contributed by atoms with Crippen molar-refractivity contribution in [2.24, 2.45) is 0 Å². The minimum atomic E-state index is -1.18. The molecule has 0 aliphatic heterocycles. The van der Waals surface area contributed by atoms with Gasteiger partial charge in [0.15, 0.2) is 0 Å². The van der Waals surface area contributed by atoms with Crippen molar-refractivity contribution in [1.29, 1.82) is 0 Å². The van der Waals surface area contributed by atoms with E-state index in [1.54, 1.807) is 45.9 Å². The van der Waals surface area contributed by atoms with Crippen LogP contribution in [0.1, 0.15) is 31.9 Å². The van der Waals surface area contributed by atoms with Crippen LogP contribution < -0.4 is 10.1 Å². The molecule has 0 fully saturated rings. The van der Waals surface area contributed by atoms with Gasteiger partial charge < -0.3 is 24.6 Å². The number of carboxylic acid groups (broad SMARTS) is 1. The molecule has 1 atom stereocenters. The molecule has 0 bridgehead atoms. The van der Waals surface area contributed by atoms with Crippen LogP contribution in [-0.4, -0.2) is 66.1 Å². The maximum Gasteiger partial charge on any atom is 0.513 e. The molecule has 9 heteroatoms. The highest BCUT2D eigenvalue weighted by Crippen LogP contribution is 2.33. The summed E-state index contributed by atoms with van der Waals surface area (Å²) < 4.78 is 15.4. The molecule has 1 aromatic rings. The van der Waals surface area contributed by atoms with Gasteiger partial charge in [-0.1, -0.05) is 12.1 Å². The summed E-state index contributed by atoms with van der Waals surface area (Å²) in [6.07, 6.45) is 4.87. The third-order valence-electron chi connectivity index (χ3n) is 3.78. The highest BCUT2D eigenvalue weighted by atomic mass is 32.3. The maximum absolute atomic E-state index is 11.9. The van der Waals surface area contributed by atoms with E-state index in [4.69, 9.17) is 14.2 Å². The van der Waals surface area contributed by atoms with Crippen molar-refractivity contribution in [2.45, 2.75) is 45.8 Å². The Balaban J connectivity index is 2.71. The zero-order chi connectivity index (χ0) is 23.1. The first-order chi connectivity index (χ1) is 13.7. The minimum Gasteiger partial charge on any atom is -0.480 e. The predicted octanol–water partition coefficient (Wildman–Crippen LogP) is 3.72. The molecule has 1 rings (SSSR count). The number of benzene rings is 1. The fourth-order valence-corrected chi connectivity index (χ4v) is 2.92. The largest absolute Gasteiger partial charge is 0.513 e. The molecule has 1 aromatic carbocycles. The second-order valence-electron chi connectivity index (χ2n) is 8.84. The predicted molar refractivity (Wildman–Crippen MR) is 118 cm³/mol. The van der Waals surface area contributed by atoms with Gasteiger partial charge in [-0.15, -0.1) is 0 Å². The molecule has 0 spiro atoms. The molecule has 0 aromatic heterocycles. The van der Waals surface area contributed by atoms with E-state index in [0.29, 0.717) is 23.5 Å². The first-order valence-corrected chi connectivity index (χ1v) is 12.5. The Kier molecular flexibility index (Phi) is 9.02. The number of hydrogen-bond donors (Lipinski definition) is 2. The quantitative estimate of drug-likeness (QED) is 0.465. The van der Waals surface area contributed by atoms with Gasteiger partial charge in [0.1, 0.15) is 24.0 Å². The summed E-state index contributed by atoms with van der Waals surface area (Å²) in [6.45, 7) is 7.12. The van der Waals surface area contributed by atoms with Gasteiger partial charge in [-0.05, 0) is 63.7 Å². The minimum absolute atomic E-state index is 0.0501. The topological polar surface area (TPSA) is 111 Å². The summed E-state index contributed by atoms with van der Waals surface area (Å²) in [5.74, 6) is -0.0523. The Bertz CT molecular complexity index is 766. The number of carbonyl (C=O) groups is 3. The first kappa shape index (κ1) is 25.6. The number of carboxylic acids is 1. The number of amides is 1. The lowest BCUT2D eigenvalue weighted by molar-refractivity contribution is -0.139. The number of aryl methyl sites for hydroxylation is 1. The Morgan fingerprint density at radius 3 is 2.30 bits per heavy atom. The van der Waals surface area contributed by atoms with Gasteiger partial charge in [0, 0.05) is 12.2 Å². The molecular formula is C21H33NO7S. The van der Waals surface area contributed by atoms with Gasteiger partial charge in [0.2, 0.25) is 0 Å². The van der Waals surface area contributed by atoms with Crippen LogP contribution in [0.5, 0.6) is 5.75 Å². The van der Waals surface area contributed by atoms with Crippen LogP contribution in [0, 0.1) is 6.92 Å². The number of nitrogens with one attached hydrogen (secondary N) is 1. The van der Waals surface area contributed by atoms with Gasteiger partial charge in [-0.25, -0.2) is 24.4 Å². The Morgan fingerprint density at radius 1 is 1.17 bits per heavy atom. The summed E-state index contributed by atoms with van der Waals surface area (Å²) in [4.78, 5) is 35.3. The highest BCUT2D eigenvalue weighted by Gasteiger charge is 2.24. The van der Waals surface area contributed by atoms with Gasteiger partial charge in [0.05, 0.1) is 0 Å². The molecule has 0 saturated heterocycles. The average molecular weight is 444 g/mol. The SMILES string of the molecule is Cc1cc(C[C@H](NC(=O)OC(C)(C)C)C(=O)O)ccc1OC(=O)OCCS(C)(C)C. The van der Waals surface area contributed by atoms with Crippen LogP contribution in [-0.2, 0) is 20.7 Å². The zero-order valence-corrected chi connectivity index (χ0v) is 19.6. The van der Waals surface area contributed by atoms with E-state index in [1.165, 1.54) is 0 Å². The van der Waals surface area contributed by atoms with Gasteiger partial charge in [-0.3, -0.25) is 0 Å². The van der Waals surface area contributed by atoms with Gasteiger partial charge in [0.25, 0.3) is 0 Å². The van der Waals surface area contributed by atoms with Crippen LogP contribution >= 0.6 is 10.0 Å². The van der Waals surface area contributed by atoms with Crippen LogP contribution in [0.4, 0.5) is 9.59 Å². The second kappa shape index (κ2) is 10.6. The van der Waals surface area contributed by atoms with Crippen molar-refractivity contribution in [3.8, 4) is 5.75 Å². The lowest BCUT2D eigenvalue weighted by Crippen LogP contribution is -2.44. The normalized spacial score (nSPS) is 13.2. The fourth-order valence-electron chi connectivity index (χ4n) is 2.33. The van der Waals surface area contributed by atoms with E-state index in [9.17, 15) is 19.5 Å². The van der Waals surface area contributed by atoms with Crippen LogP contribution in [0.3, 0.4) is 0 Å². The van der Waals surface area contributed by atoms with Crippen molar-refractivity contribution in [2.75, 3.05) is 31.1 Å². The van der Waals surface area contributed by atoms with E-state index >= 15 is 0 Å². The molecule has 170 valence electrons. The summed E-state index contributed by atoms with van der Waals surface area (Å²) in [7, 11) is -0.764. The molecule has 30 heavy (non-hydrogen) atoms. The number of alkyl carbamates (subject to hydrolysis) is 1. The second-order valence-corrected chi connectivity index (χ2v) is 13.4. The molecule has 0 heterocycles. The maximum atomic E-state index is 11.9. The van der Waals surface area contributed by atoms with Crippen molar-refractivity contribution in [3.05, 3.63) is 29.3 Å². The summed E-state index contributed by atoms with van der Waals surface area (Å²) in [5, 5.41) is 11.8. The number of rotatable bonds is 8. The number of aliphatic carboxylic acids is 1. The summed E-state index contributed by atoms with van der Waals surface area (Å²) in [5.41, 5.74) is 0.575. The van der Waals surface area contributed by atoms with Crippen molar-refractivity contribution < 1.29 is 33.7 Å². The van der Waals surface area contributed by atoms with E-state index in [2.05, 4.69) is 24.1 Å². The van der Waals surface area contributed by atoms with Crippen molar-refractivity contribution in [3.63, 3.8) is 0 Å².